The number of ether oxygens (including phenoxy) is 1. The molecule has 0 spiro atoms. The number of carbonyl (C=O) groups is 2. The lowest BCUT2D eigenvalue weighted by Gasteiger charge is -2.32. The second-order valence-electron chi connectivity index (χ2n) is 4.69. The number of amides is 1. The van der Waals surface area contributed by atoms with Crippen LogP contribution in [-0.4, -0.2) is 42.5 Å². The van der Waals surface area contributed by atoms with Gasteiger partial charge in [-0.2, -0.15) is 0 Å². The summed E-state index contributed by atoms with van der Waals surface area (Å²) in [6.45, 7) is 3.66. The quantitative estimate of drug-likeness (QED) is 0.862. The Labute approximate surface area is 133 Å². The van der Waals surface area contributed by atoms with Crippen molar-refractivity contribution < 1.29 is 14.3 Å². The summed E-state index contributed by atoms with van der Waals surface area (Å²) >= 11 is 11.7. The van der Waals surface area contributed by atoms with E-state index in [9.17, 15) is 9.59 Å². The minimum atomic E-state index is -0.536. The standard InChI is InChI=1S/C14H16Cl2N2O3/c1-2-18-5-6-21-14(20)12(18)8-13(19)17-9-3-4-10(15)11(16)7-9/h3-4,7,12H,2,5-6,8H2,1H3,(H,17,19). The zero-order valence-corrected chi connectivity index (χ0v) is 13.1. The maximum Gasteiger partial charge on any atom is 0.323 e. The number of halogens is 2. The number of morpholine rings is 1. The molecule has 1 aliphatic heterocycles. The van der Waals surface area contributed by atoms with Crippen molar-refractivity contribution in [1.82, 2.24) is 4.90 Å². The predicted octanol–water partition coefficient (Wildman–Crippen LogP) is 2.57. The van der Waals surface area contributed by atoms with Crippen molar-refractivity contribution in [3.8, 4) is 0 Å². The van der Waals surface area contributed by atoms with Crippen molar-refractivity contribution in [2.75, 3.05) is 25.0 Å². The first-order chi connectivity index (χ1) is 10.0. The molecule has 1 unspecified atom stereocenters. The number of carbonyl (C=O) groups excluding carboxylic acids is 2. The van der Waals surface area contributed by atoms with Crippen LogP contribution in [0, 0.1) is 0 Å². The molecule has 1 saturated heterocycles. The minimum Gasteiger partial charge on any atom is -0.463 e. The van der Waals surface area contributed by atoms with Crippen LogP contribution in [0.3, 0.4) is 0 Å². The van der Waals surface area contributed by atoms with E-state index in [-0.39, 0.29) is 18.3 Å². The topological polar surface area (TPSA) is 58.6 Å². The molecule has 1 aliphatic rings. The van der Waals surface area contributed by atoms with Crippen LogP contribution in [0.25, 0.3) is 0 Å². The lowest BCUT2D eigenvalue weighted by Crippen LogP contribution is -2.50. The van der Waals surface area contributed by atoms with Crippen LogP contribution in [0.4, 0.5) is 5.69 Å². The predicted molar refractivity (Wildman–Crippen MR) is 81.7 cm³/mol. The Balaban J connectivity index is 1.99. The second kappa shape index (κ2) is 7.11. The molecule has 1 fully saturated rings. The highest BCUT2D eigenvalue weighted by Crippen LogP contribution is 2.25. The van der Waals surface area contributed by atoms with Crippen molar-refractivity contribution in [3.05, 3.63) is 28.2 Å². The van der Waals surface area contributed by atoms with Gasteiger partial charge in [-0.3, -0.25) is 14.5 Å². The van der Waals surface area contributed by atoms with E-state index in [1.54, 1.807) is 18.2 Å². The Morgan fingerprint density at radius 2 is 2.19 bits per heavy atom. The first kappa shape index (κ1) is 16.1. The zero-order chi connectivity index (χ0) is 15.4. The molecule has 0 aromatic heterocycles. The Hall–Kier alpha value is -1.30. The van der Waals surface area contributed by atoms with Crippen molar-refractivity contribution in [3.63, 3.8) is 0 Å². The number of nitrogens with zero attached hydrogens (tertiary/aromatic N) is 1. The van der Waals surface area contributed by atoms with E-state index in [4.69, 9.17) is 27.9 Å². The number of cyclic esters (lactones) is 1. The highest BCUT2D eigenvalue weighted by molar-refractivity contribution is 6.42. The van der Waals surface area contributed by atoms with Crippen LogP contribution >= 0.6 is 23.2 Å². The number of nitrogens with one attached hydrogen (secondary N) is 1. The van der Waals surface area contributed by atoms with Gasteiger partial charge in [-0.1, -0.05) is 30.1 Å². The molecule has 5 nitrogen and oxygen atoms in total. The van der Waals surface area contributed by atoms with E-state index in [0.29, 0.717) is 35.4 Å². The molecule has 114 valence electrons. The van der Waals surface area contributed by atoms with Crippen LogP contribution in [-0.2, 0) is 14.3 Å². The molecule has 1 aromatic rings. The maximum absolute atomic E-state index is 12.1. The van der Waals surface area contributed by atoms with E-state index in [0.717, 1.165) is 0 Å². The fourth-order valence-corrected chi connectivity index (χ4v) is 2.52. The maximum atomic E-state index is 12.1. The monoisotopic (exact) mass is 330 g/mol. The fourth-order valence-electron chi connectivity index (χ4n) is 2.22. The summed E-state index contributed by atoms with van der Waals surface area (Å²) in [5.74, 6) is -0.622. The normalized spacial score (nSPS) is 19.2. The van der Waals surface area contributed by atoms with Gasteiger partial charge in [0.2, 0.25) is 5.91 Å². The highest BCUT2D eigenvalue weighted by atomic mass is 35.5. The van der Waals surface area contributed by atoms with Gasteiger partial charge in [0.15, 0.2) is 0 Å². The first-order valence-electron chi connectivity index (χ1n) is 6.67. The van der Waals surface area contributed by atoms with Gasteiger partial charge in [0.1, 0.15) is 12.6 Å². The third-order valence-electron chi connectivity index (χ3n) is 3.32. The molecular weight excluding hydrogens is 315 g/mol. The van der Waals surface area contributed by atoms with Crippen molar-refractivity contribution in [1.29, 1.82) is 0 Å². The number of likely N-dealkylation sites (N-methyl/N-ethyl adjacent to an activating group) is 1. The van der Waals surface area contributed by atoms with Gasteiger partial charge in [0.25, 0.3) is 0 Å². The summed E-state index contributed by atoms with van der Waals surface area (Å²) in [4.78, 5) is 25.8. The average Bonchev–Trinajstić information content (AvgIpc) is 2.45. The van der Waals surface area contributed by atoms with Gasteiger partial charge in [-0.25, -0.2) is 0 Å². The molecule has 1 heterocycles. The van der Waals surface area contributed by atoms with Gasteiger partial charge >= 0.3 is 5.97 Å². The van der Waals surface area contributed by atoms with Gasteiger partial charge in [0, 0.05) is 12.2 Å². The lowest BCUT2D eigenvalue weighted by molar-refractivity contribution is -0.158. The number of esters is 1. The van der Waals surface area contributed by atoms with Gasteiger partial charge in [-0.05, 0) is 24.7 Å². The van der Waals surface area contributed by atoms with E-state index >= 15 is 0 Å². The number of hydrogen-bond donors (Lipinski definition) is 1. The molecule has 21 heavy (non-hydrogen) atoms. The summed E-state index contributed by atoms with van der Waals surface area (Å²) in [5, 5.41) is 3.49. The van der Waals surface area contributed by atoms with Gasteiger partial charge in [0.05, 0.1) is 16.5 Å². The molecule has 0 aliphatic carbocycles. The Morgan fingerprint density at radius 3 is 2.86 bits per heavy atom. The molecule has 2 rings (SSSR count). The van der Waals surface area contributed by atoms with Gasteiger partial charge < -0.3 is 10.1 Å². The van der Waals surface area contributed by atoms with E-state index in [1.165, 1.54) is 0 Å². The SMILES string of the molecule is CCN1CCOC(=O)C1CC(=O)Nc1ccc(Cl)c(Cl)c1. The molecule has 0 saturated carbocycles. The first-order valence-corrected chi connectivity index (χ1v) is 7.42. The highest BCUT2D eigenvalue weighted by Gasteiger charge is 2.32. The van der Waals surface area contributed by atoms with E-state index < -0.39 is 6.04 Å². The largest absolute Gasteiger partial charge is 0.463 e. The molecule has 1 N–H and O–H groups in total. The molecule has 1 amide bonds. The molecule has 0 radical (unpaired) electrons. The van der Waals surface area contributed by atoms with Gasteiger partial charge in [-0.15, -0.1) is 0 Å². The number of rotatable bonds is 4. The summed E-state index contributed by atoms with van der Waals surface area (Å²) < 4.78 is 5.01. The van der Waals surface area contributed by atoms with Crippen LogP contribution in [0.2, 0.25) is 10.0 Å². The number of hydrogen-bond acceptors (Lipinski definition) is 4. The Kier molecular flexibility index (Phi) is 5.45. The summed E-state index contributed by atoms with van der Waals surface area (Å²) in [6.07, 6.45) is 0.0485. The van der Waals surface area contributed by atoms with E-state index in [2.05, 4.69) is 5.32 Å². The molecule has 0 bridgehead atoms. The summed E-state index contributed by atoms with van der Waals surface area (Å²) in [5.41, 5.74) is 0.543. The summed E-state index contributed by atoms with van der Waals surface area (Å²) in [6, 6.07) is 4.29. The summed E-state index contributed by atoms with van der Waals surface area (Å²) in [7, 11) is 0. The van der Waals surface area contributed by atoms with Crippen molar-refractivity contribution >= 4 is 40.8 Å². The second-order valence-corrected chi connectivity index (χ2v) is 5.51. The zero-order valence-electron chi connectivity index (χ0n) is 11.6. The third kappa shape index (κ3) is 4.09. The minimum absolute atomic E-state index is 0.0485. The Morgan fingerprint density at radius 1 is 1.43 bits per heavy atom. The van der Waals surface area contributed by atoms with Crippen LogP contribution in [0.5, 0.6) is 0 Å². The average molecular weight is 331 g/mol. The molecular formula is C14H16Cl2N2O3. The molecule has 7 heteroatoms. The number of benzene rings is 1. The third-order valence-corrected chi connectivity index (χ3v) is 4.06. The van der Waals surface area contributed by atoms with Crippen LogP contribution in [0.15, 0.2) is 18.2 Å². The Bertz CT molecular complexity index is 551. The number of anilines is 1. The molecule has 1 aromatic carbocycles. The van der Waals surface area contributed by atoms with Crippen molar-refractivity contribution in [2.24, 2.45) is 0 Å². The molecule has 1 atom stereocenters. The van der Waals surface area contributed by atoms with Crippen molar-refractivity contribution in [2.45, 2.75) is 19.4 Å². The lowest BCUT2D eigenvalue weighted by atomic mass is 10.1. The van der Waals surface area contributed by atoms with Crippen LogP contribution < -0.4 is 5.32 Å². The fraction of sp³-hybridized carbons (Fsp3) is 0.429. The van der Waals surface area contributed by atoms with Crippen LogP contribution in [0.1, 0.15) is 13.3 Å². The smallest absolute Gasteiger partial charge is 0.323 e. The van der Waals surface area contributed by atoms with E-state index in [1.807, 2.05) is 11.8 Å².